The van der Waals surface area contributed by atoms with Crippen LogP contribution in [0, 0.1) is 6.92 Å². The minimum atomic E-state index is -3.83. The molecule has 1 unspecified atom stereocenters. The zero-order valence-corrected chi connectivity index (χ0v) is 13.7. The maximum absolute atomic E-state index is 12.3. The van der Waals surface area contributed by atoms with Gasteiger partial charge in [-0.3, -0.25) is 0 Å². The molecule has 0 fully saturated rings. The normalized spacial score (nSPS) is 13.1. The molecule has 118 valence electrons. The molecule has 8 heteroatoms. The van der Waals surface area contributed by atoms with E-state index in [0.717, 1.165) is 17.9 Å². The number of aryl methyl sites for hydroxylation is 1. The maximum Gasteiger partial charge on any atom is 0.339 e. The van der Waals surface area contributed by atoms with Gasteiger partial charge >= 0.3 is 5.97 Å². The minimum Gasteiger partial charge on any atom is -0.507 e. The molecular weight excluding hydrogens is 314 g/mol. The van der Waals surface area contributed by atoms with Gasteiger partial charge in [-0.25, -0.2) is 17.9 Å². The highest BCUT2D eigenvalue weighted by molar-refractivity contribution is 7.98. The lowest BCUT2D eigenvalue weighted by atomic mass is 10.1. The van der Waals surface area contributed by atoms with E-state index in [9.17, 15) is 18.3 Å². The number of aromatic carboxylic acids is 1. The monoisotopic (exact) mass is 333 g/mol. The second-order valence-electron chi connectivity index (χ2n) is 4.74. The van der Waals surface area contributed by atoms with Crippen LogP contribution in [0.3, 0.4) is 0 Å². The zero-order valence-electron chi connectivity index (χ0n) is 12.1. The van der Waals surface area contributed by atoms with E-state index >= 15 is 0 Å². The highest BCUT2D eigenvalue weighted by Crippen LogP contribution is 2.25. The second kappa shape index (κ2) is 7.15. The van der Waals surface area contributed by atoms with Gasteiger partial charge in [0, 0.05) is 6.04 Å². The van der Waals surface area contributed by atoms with E-state index in [1.165, 1.54) is 6.92 Å². The number of carboxylic acids is 1. The molecule has 0 radical (unpaired) electrons. The topological polar surface area (TPSA) is 104 Å². The molecule has 1 aromatic rings. The SMILES string of the molecule is CSCCC(C)NS(=O)(=O)c1cc(C(=O)O)c(O)cc1C. The number of carbonyl (C=O) groups is 1. The summed E-state index contributed by atoms with van der Waals surface area (Å²) in [4.78, 5) is 10.9. The summed E-state index contributed by atoms with van der Waals surface area (Å²) in [6.07, 6.45) is 2.60. The number of thioether (sulfide) groups is 1. The van der Waals surface area contributed by atoms with Gasteiger partial charge in [0.1, 0.15) is 11.3 Å². The zero-order chi connectivity index (χ0) is 16.2. The third-order valence-corrected chi connectivity index (χ3v) is 5.30. The Morgan fingerprint density at radius 1 is 1.43 bits per heavy atom. The number of hydrogen-bond donors (Lipinski definition) is 3. The summed E-state index contributed by atoms with van der Waals surface area (Å²) in [6.45, 7) is 3.26. The van der Waals surface area contributed by atoms with Crippen molar-refractivity contribution in [2.24, 2.45) is 0 Å². The summed E-state index contributed by atoms with van der Waals surface area (Å²) in [5.41, 5.74) is -0.139. The van der Waals surface area contributed by atoms with Crippen molar-refractivity contribution < 1.29 is 23.4 Å². The predicted molar refractivity (Wildman–Crippen MR) is 82.6 cm³/mol. The van der Waals surface area contributed by atoms with Gasteiger partial charge < -0.3 is 10.2 Å². The fourth-order valence-corrected chi connectivity index (χ4v) is 3.94. The molecule has 0 bridgehead atoms. The van der Waals surface area contributed by atoms with Gasteiger partial charge in [-0.2, -0.15) is 11.8 Å². The first kappa shape index (κ1) is 17.8. The summed E-state index contributed by atoms with van der Waals surface area (Å²) in [5, 5.41) is 18.5. The summed E-state index contributed by atoms with van der Waals surface area (Å²) < 4.78 is 27.2. The number of aromatic hydroxyl groups is 1. The van der Waals surface area contributed by atoms with Crippen molar-refractivity contribution in [2.45, 2.75) is 31.2 Å². The van der Waals surface area contributed by atoms with E-state index in [4.69, 9.17) is 5.11 Å². The Morgan fingerprint density at radius 2 is 2.05 bits per heavy atom. The van der Waals surface area contributed by atoms with E-state index in [0.29, 0.717) is 12.0 Å². The quantitative estimate of drug-likeness (QED) is 0.703. The Hall–Kier alpha value is -1.25. The van der Waals surface area contributed by atoms with E-state index in [1.807, 2.05) is 6.26 Å². The smallest absolute Gasteiger partial charge is 0.339 e. The average molecular weight is 333 g/mol. The molecular formula is C13H19NO5S2. The second-order valence-corrected chi connectivity index (χ2v) is 7.41. The van der Waals surface area contributed by atoms with Crippen molar-refractivity contribution in [2.75, 3.05) is 12.0 Å². The molecule has 0 heterocycles. The maximum atomic E-state index is 12.3. The fourth-order valence-electron chi connectivity index (χ4n) is 1.82. The Morgan fingerprint density at radius 3 is 2.57 bits per heavy atom. The Balaban J connectivity index is 3.13. The molecule has 0 spiro atoms. The Kier molecular flexibility index (Phi) is 6.06. The number of hydrogen-bond acceptors (Lipinski definition) is 5. The van der Waals surface area contributed by atoms with Crippen LogP contribution in [-0.2, 0) is 10.0 Å². The van der Waals surface area contributed by atoms with Crippen molar-refractivity contribution in [3.8, 4) is 5.75 Å². The standard InChI is InChI=1S/C13H19NO5S2/c1-8-6-11(15)10(13(16)17)7-12(8)21(18,19)14-9(2)4-5-20-3/h6-7,9,14-15H,4-5H2,1-3H3,(H,16,17). The van der Waals surface area contributed by atoms with Crippen molar-refractivity contribution in [1.82, 2.24) is 4.72 Å². The van der Waals surface area contributed by atoms with Crippen molar-refractivity contribution in [1.29, 1.82) is 0 Å². The van der Waals surface area contributed by atoms with Crippen LogP contribution in [0.5, 0.6) is 5.75 Å². The first-order valence-electron chi connectivity index (χ1n) is 6.27. The molecule has 0 aliphatic heterocycles. The highest BCUT2D eigenvalue weighted by atomic mass is 32.2. The number of sulfonamides is 1. The van der Waals surface area contributed by atoms with Crippen LogP contribution in [-0.4, -0.2) is 42.7 Å². The van der Waals surface area contributed by atoms with Gasteiger partial charge in [0.15, 0.2) is 0 Å². The van der Waals surface area contributed by atoms with E-state index < -0.39 is 27.3 Å². The molecule has 1 atom stereocenters. The van der Waals surface area contributed by atoms with Crippen LogP contribution in [0.15, 0.2) is 17.0 Å². The summed E-state index contributed by atoms with van der Waals surface area (Å²) in [7, 11) is -3.83. The average Bonchev–Trinajstić information content (AvgIpc) is 2.34. The van der Waals surface area contributed by atoms with Crippen LogP contribution in [0.2, 0.25) is 0 Å². The van der Waals surface area contributed by atoms with Crippen molar-refractivity contribution in [3.05, 3.63) is 23.3 Å². The van der Waals surface area contributed by atoms with Crippen molar-refractivity contribution in [3.63, 3.8) is 0 Å². The van der Waals surface area contributed by atoms with Crippen LogP contribution < -0.4 is 4.72 Å². The number of phenols is 1. The number of carboxylic acid groups (broad SMARTS) is 1. The lowest BCUT2D eigenvalue weighted by molar-refractivity contribution is 0.0693. The summed E-state index contributed by atoms with van der Waals surface area (Å²) in [5.74, 6) is -1.01. The van der Waals surface area contributed by atoms with E-state index in [2.05, 4.69) is 4.72 Å². The summed E-state index contributed by atoms with van der Waals surface area (Å²) in [6, 6.07) is 1.87. The fraction of sp³-hybridized carbons (Fsp3) is 0.462. The number of rotatable bonds is 7. The molecule has 0 aromatic heterocycles. The van der Waals surface area contributed by atoms with E-state index in [-0.39, 0.29) is 10.9 Å². The largest absolute Gasteiger partial charge is 0.507 e. The minimum absolute atomic E-state index is 0.131. The molecule has 1 aromatic carbocycles. The molecule has 1 rings (SSSR count). The number of benzene rings is 1. The third-order valence-electron chi connectivity index (χ3n) is 2.92. The Labute approximate surface area is 128 Å². The lowest BCUT2D eigenvalue weighted by Crippen LogP contribution is -2.33. The summed E-state index contributed by atoms with van der Waals surface area (Å²) >= 11 is 1.62. The predicted octanol–water partition coefficient (Wildman–Crippen LogP) is 1.82. The molecule has 21 heavy (non-hydrogen) atoms. The van der Waals surface area contributed by atoms with E-state index in [1.54, 1.807) is 18.7 Å². The highest BCUT2D eigenvalue weighted by Gasteiger charge is 2.23. The third kappa shape index (κ3) is 4.62. The Bertz CT molecular complexity index is 628. The van der Waals surface area contributed by atoms with Gasteiger partial charge in [-0.1, -0.05) is 0 Å². The van der Waals surface area contributed by atoms with Crippen LogP contribution in [0.4, 0.5) is 0 Å². The molecule has 0 saturated carbocycles. The van der Waals surface area contributed by atoms with Gasteiger partial charge in [0.25, 0.3) is 0 Å². The first-order valence-corrected chi connectivity index (χ1v) is 9.15. The van der Waals surface area contributed by atoms with Crippen LogP contribution in [0.1, 0.15) is 29.3 Å². The molecule has 0 amide bonds. The van der Waals surface area contributed by atoms with Crippen molar-refractivity contribution >= 4 is 27.8 Å². The van der Waals surface area contributed by atoms with Gasteiger partial charge in [0.05, 0.1) is 4.90 Å². The molecule has 3 N–H and O–H groups in total. The lowest BCUT2D eigenvalue weighted by Gasteiger charge is -2.15. The molecule has 0 saturated heterocycles. The van der Waals surface area contributed by atoms with Crippen LogP contribution in [0.25, 0.3) is 0 Å². The molecule has 0 aliphatic rings. The van der Waals surface area contributed by atoms with Gasteiger partial charge in [-0.05, 0) is 50.0 Å². The van der Waals surface area contributed by atoms with Gasteiger partial charge in [0.2, 0.25) is 10.0 Å². The number of nitrogens with one attached hydrogen (secondary N) is 1. The molecule has 0 aliphatic carbocycles. The van der Waals surface area contributed by atoms with Gasteiger partial charge in [-0.15, -0.1) is 0 Å². The molecule has 6 nitrogen and oxygen atoms in total. The van der Waals surface area contributed by atoms with Crippen LogP contribution >= 0.6 is 11.8 Å². The first-order chi connectivity index (χ1) is 9.69.